The first kappa shape index (κ1) is 15.5. The fourth-order valence-electron chi connectivity index (χ4n) is 2.00. The van der Waals surface area contributed by atoms with E-state index in [0.29, 0.717) is 5.70 Å². The van der Waals surface area contributed by atoms with Gasteiger partial charge in [-0.15, -0.1) is 0 Å². The molecule has 1 aromatic rings. The summed E-state index contributed by atoms with van der Waals surface area (Å²) in [4.78, 5) is 13.5. The van der Waals surface area contributed by atoms with Crippen LogP contribution in [0.5, 0.6) is 0 Å². The molecule has 1 aliphatic rings. The fourth-order valence-corrected chi connectivity index (χ4v) is 2.38. The molecule has 0 aromatic heterocycles. The van der Waals surface area contributed by atoms with Crippen molar-refractivity contribution in [3.8, 4) is 0 Å². The molecule has 0 saturated heterocycles. The predicted octanol–water partition coefficient (Wildman–Crippen LogP) is 2.57. The summed E-state index contributed by atoms with van der Waals surface area (Å²) in [5.74, 6) is -0.464. The molecule has 0 fully saturated rings. The molecule has 1 amide bonds. The van der Waals surface area contributed by atoms with Crippen molar-refractivity contribution in [2.75, 3.05) is 25.6 Å². The SMILES string of the molecule is CN(C)C1=C(Cl)CN(c2cccc(C(F)(F)F)c2)NC1=O. The Morgan fingerprint density at radius 1 is 1.33 bits per heavy atom. The van der Waals surface area contributed by atoms with E-state index in [2.05, 4.69) is 5.43 Å². The van der Waals surface area contributed by atoms with Crippen molar-refractivity contribution in [3.05, 3.63) is 40.6 Å². The normalized spacial score (nSPS) is 16.1. The molecule has 4 nitrogen and oxygen atoms in total. The van der Waals surface area contributed by atoms with Crippen LogP contribution in [0, 0.1) is 0 Å². The lowest BCUT2D eigenvalue weighted by Crippen LogP contribution is -2.50. The highest BCUT2D eigenvalue weighted by Crippen LogP contribution is 2.32. The van der Waals surface area contributed by atoms with Crippen molar-refractivity contribution >= 4 is 23.2 Å². The Morgan fingerprint density at radius 2 is 2.00 bits per heavy atom. The van der Waals surface area contributed by atoms with Gasteiger partial charge in [0.05, 0.1) is 22.8 Å². The number of hydrogen-bond donors (Lipinski definition) is 1. The predicted molar refractivity (Wildman–Crippen MR) is 73.5 cm³/mol. The number of halogens is 4. The summed E-state index contributed by atoms with van der Waals surface area (Å²) < 4.78 is 38.1. The molecule has 0 bridgehead atoms. The van der Waals surface area contributed by atoms with Crippen LogP contribution in [0.25, 0.3) is 0 Å². The lowest BCUT2D eigenvalue weighted by molar-refractivity contribution is -0.137. The van der Waals surface area contributed by atoms with E-state index in [1.165, 1.54) is 17.1 Å². The van der Waals surface area contributed by atoms with E-state index >= 15 is 0 Å². The summed E-state index contributed by atoms with van der Waals surface area (Å²) in [6, 6.07) is 4.69. The van der Waals surface area contributed by atoms with Gasteiger partial charge in [-0.2, -0.15) is 13.2 Å². The van der Waals surface area contributed by atoms with Gasteiger partial charge in [-0.1, -0.05) is 17.7 Å². The molecule has 8 heteroatoms. The highest BCUT2D eigenvalue weighted by Gasteiger charge is 2.32. The topological polar surface area (TPSA) is 35.6 Å². The fraction of sp³-hybridized carbons (Fsp3) is 0.308. The Morgan fingerprint density at radius 3 is 2.52 bits per heavy atom. The maximum absolute atomic E-state index is 12.7. The third-order valence-corrected chi connectivity index (χ3v) is 3.24. The van der Waals surface area contributed by atoms with Crippen molar-refractivity contribution < 1.29 is 18.0 Å². The zero-order chi connectivity index (χ0) is 15.8. The van der Waals surface area contributed by atoms with E-state index in [-0.39, 0.29) is 17.3 Å². The molecule has 1 aromatic carbocycles. The van der Waals surface area contributed by atoms with Gasteiger partial charge in [-0.05, 0) is 18.2 Å². The van der Waals surface area contributed by atoms with Crippen LogP contribution in [0.3, 0.4) is 0 Å². The molecular formula is C13H13ClF3N3O. The van der Waals surface area contributed by atoms with Crippen LogP contribution in [-0.2, 0) is 11.0 Å². The number of anilines is 1. The quantitative estimate of drug-likeness (QED) is 0.910. The number of rotatable bonds is 2. The minimum absolute atomic E-state index is 0.0993. The van der Waals surface area contributed by atoms with Crippen LogP contribution in [0.4, 0.5) is 18.9 Å². The lowest BCUT2D eigenvalue weighted by atomic mass is 10.2. The molecule has 0 atom stereocenters. The maximum Gasteiger partial charge on any atom is 0.416 e. The van der Waals surface area contributed by atoms with Crippen LogP contribution in [0.1, 0.15) is 5.56 Å². The number of nitrogens with one attached hydrogen (secondary N) is 1. The highest BCUT2D eigenvalue weighted by molar-refractivity contribution is 6.32. The van der Waals surface area contributed by atoms with Crippen molar-refractivity contribution in [1.29, 1.82) is 0 Å². The van der Waals surface area contributed by atoms with Gasteiger partial charge in [0.2, 0.25) is 0 Å². The molecule has 1 aliphatic heterocycles. The molecule has 21 heavy (non-hydrogen) atoms. The van der Waals surface area contributed by atoms with E-state index in [0.717, 1.165) is 12.1 Å². The minimum atomic E-state index is -4.44. The second kappa shape index (κ2) is 5.48. The summed E-state index contributed by atoms with van der Waals surface area (Å²) >= 11 is 6.06. The molecule has 114 valence electrons. The molecule has 2 rings (SSSR count). The summed E-state index contributed by atoms with van der Waals surface area (Å²) in [6.45, 7) is 0.0993. The number of carbonyl (C=O) groups is 1. The van der Waals surface area contributed by atoms with Crippen molar-refractivity contribution in [3.63, 3.8) is 0 Å². The van der Waals surface area contributed by atoms with E-state index in [1.54, 1.807) is 19.0 Å². The number of hydrogen-bond acceptors (Lipinski definition) is 3. The van der Waals surface area contributed by atoms with Gasteiger partial charge in [0.1, 0.15) is 5.70 Å². The van der Waals surface area contributed by atoms with Gasteiger partial charge in [0.15, 0.2) is 0 Å². The molecule has 0 saturated carbocycles. The van der Waals surface area contributed by atoms with Crippen molar-refractivity contribution in [2.45, 2.75) is 6.18 Å². The zero-order valence-corrected chi connectivity index (χ0v) is 12.1. The van der Waals surface area contributed by atoms with E-state index in [4.69, 9.17) is 11.6 Å². The van der Waals surface area contributed by atoms with Crippen LogP contribution < -0.4 is 10.4 Å². The number of carbonyl (C=O) groups excluding carboxylic acids is 1. The molecular weight excluding hydrogens is 307 g/mol. The Balaban J connectivity index is 2.32. The second-order valence-corrected chi connectivity index (χ2v) is 5.18. The monoisotopic (exact) mass is 319 g/mol. The number of likely N-dealkylation sites (N-methyl/N-ethyl adjacent to an activating group) is 1. The third kappa shape index (κ3) is 3.24. The largest absolute Gasteiger partial charge is 0.416 e. The third-order valence-electron chi connectivity index (χ3n) is 2.94. The lowest BCUT2D eigenvalue weighted by Gasteiger charge is -2.32. The van der Waals surface area contributed by atoms with Gasteiger partial charge in [-0.3, -0.25) is 15.2 Å². The van der Waals surface area contributed by atoms with Gasteiger partial charge in [0.25, 0.3) is 5.91 Å². The van der Waals surface area contributed by atoms with Crippen LogP contribution in [0.2, 0.25) is 0 Å². The molecule has 0 radical (unpaired) electrons. The molecule has 0 aliphatic carbocycles. The number of amides is 1. The van der Waals surface area contributed by atoms with Crippen LogP contribution in [-0.4, -0.2) is 31.4 Å². The van der Waals surface area contributed by atoms with Crippen molar-refractivity contribution in [2.24, 2.45) is 0 Å². The van der Waals surface area contributed by atoms with Crippen LogP contribution in [0.15, 0.2) is 35.0 Å². The van der Waals surface area contributed by atoms with Gasteiger partial charge >= 0.3 is 6.18 Å². The number of nitrogens with zero attached hydrogens (tertiary/aromatic N) is 2. The standard InChI is InChI=1S/C13H13ClF3N3O/c1-19(2)11-10(14)7-20(18-12(11)21)9-5-3-4-8(6-9)13(15,16)17/h3-6H,7H2,1-2H3,(H,18,21). The smallest absolute Gasteiger partial charge is 0.372 e. The molecule has 1 heterocycles. The number of benzene rings is 1. The van der Waals surface area contributed by atoms with E-state index < -0.39 is 17.6 Å². The Kier molecular flexibility index (Phi) is 4.04. The average Bonchev–Trinajstić information content (AvgIpc) is 2.36. The van der Waals surface area contributed by atoms with Gasteiger partial charge in [0, 0.05) is 14.1 Å². The van der Waals surface area contributed by atoms with Gasteiger partial charge in [-0.25, -0.2) is 0 Å². The summed E-state index contributed by atoms with van der Waals surface area (Å²) in [5.41, 5.74) is 2.24. The number of alkyl halides is 3. The van der Waals surface area contributed by atoms with Crippen LogP contribution >= 0.6 is 11.6 Å². The van der Waals surface area contributed by atoms with E-state index in [1.807, 2.05) is 0 Å². The summed E-state index contributed by atoms with van der Waals surface area (Å²) in [5, 5.41) is 1.55. The maximum atomic E-state index is 12.7. The molecule has 0 unspecified atom stereocenters. The van der Waals surface area contributed by atoms with Gasteiger partial charge < -0.3 is 4.90 Å². The zero-order valence-electron chi connectivity index (χ0n) is 11.3. The van der Waals surface area contributed by atoms with E-state index in [9.17, 15) is 18.0 Å². The Hall–Kier alpha value is -1.89. The first-order valence-electron chi connectivity index (χ1n) is 6.02. The first-order chi connectivity index (χ1) is 9.70. The highest BCUT2D eigenvalue weighted by atomic mass is 35.5. The minimum Gasteiger partial charge on any atom is -0.372 e. The second-order valence-electron chi connectivity index (χ2n) is 4.72. The molecule has 0 spiro atoms. The number of hydrazine groups is 1. The molecule has 1 N–H and O–H groups in total. The first-order valence-corrected chi connectivity index (χ1v) is 6.39. The summed E-state index contributed by atoms with van der Waals surface area (Å²) in [6.07, 6.45) is -4.44. The van der Waals surface area contributed by atoms with Crippen molar-refractivity contribution in [1.82, 2.24) is 10.3 Å². The Bertz CT molecular complexity index is 599. The Labute approximate surface area is 124 Å². The summed E-state index contributed by atoms with van der Waals surface area (Å²) in [7, 11) is 3.33. The average molecular weight is 320 g/mol.